The third kappa shape index (κ3) is 3.16. The average Bonchev–Trinajstić information content (AvgIpc) is 2.90. The van der Waals surface area contributed by atoms with Crippen molar-refractivity contribution in [1.82, 2.24) is 0 Å². The van der Waals surface area contributed by atoms with Crippen LogP contribution in [-0.2, 0) is 11.8 Å². The average molecular weight is 353 g/mol. The van der Waals surface area contributed by atoms with E-state index in [9.17, 15) is 4.79 Å². The van der Waals surface area contributed by atoms with Crippen LogP contribution in [0.2, 0.25) is 0 Å². The molecule has 1 heterocycles. The number of hydrogen-bond donors (Lipinski definition) is 1. The predicted octanol–water partition coefficient (Wildman–Crippen LogP) is 5.16. The fraction of sp³-hybridized carbons (Fsp3) is 0.409. The summed E-state index contributed by atoms with van der Waals surface area (Å²) in [6.07, 6.45) is 0.913. The van der Waals surface area contributed by atoms with Gasteiger partial charge < -0.3 is 14.7 Å². The highest BCUT2D eigenvalue weighted by molar-refractivity contribution is 5.88. The van der Waals surface area contributed by atoms with Gasteiger partial charge in [0.25, 0.3) is 0 Å². The number of ether oxygens (including phenoxy) is 1. The molecule has 4 heteroatoms. The van der Waals surface area contributed by atoms with Crippen molar-refractivity contribution in [3.8, 4) is 5.75 Å². The zero-order valence-electron chi connectivity index (χ0n) is 16.2. The third-order valence-electron chi connectivity index (χ3n) is 5.02. The number of anilines is 2. The fourth-order valence-corrected chi connectivity index (χ4v) is 3.59. The maximum absolute atomic E-state index is 11.1. The van der Waals surface area contributed by atoms with Gasteiger partial charge in [-0.2, -0.15) is 0 Å². The molecule has 0 radical (unpaired) electrons. The van der Waals surface area contributed by atoms with Crippen LogP contribution in [0, 0.1) is 0 Å². The first-order valence-corrected chi connectivity index (χ1v) is 9.17. The number of fused-ring (bicyclic) bond motifs is 1. The third-order valence-corrected chi connectivity index (χ3v) is 5.02. The zero-order valence-corrected chi connectivity index (χ0v) is 16.2. The monoisotopic (exact) mass is 353 g/mol. The SMILES string of the molecule is CCc1cc(N(c2ccc(C(=O)O)cc2)C(C)C)cc2c1OCC2(C)C. The Kier molecular flexibility index (Phi) is 4.70. The largest absolute Gasteiger partial charge is 0.492 e. The molecule has 1 aliphatic heterocycles. The second-order valence-corrected chi connectivity index (χ2v) is 7.82. The number of benzene rings is 2. The van der Waals surface area contributed by atoms with Crippen molar-refractivity contribution in [2.45, 2.75) is 52.5 Å². The number of nitrogens with zero attached hydrogens (tertiary/aromatic N) is 1. The lowest BCUT2D eigenvalue weighted by Crippen LogP contribution is -2.26. The highest BCUT2D eigenvalue weighted by atomic mass is 16.5. The van der Waals surface area contributed by atoms with E-state index in [1.807, 2.05) is 12.1 Å². The molecule has 0 unspecified atom stereocenters. The summed E-state index contributed by atoms with van der Waals surface area (Å²) in [5.41, 5.74) is 4.87. The van der Waals surface area contributed by atoms with Crippen LogP contribution in [0.15, 0.2) is 36.4 Å². The lowest BCUT2D eigenvalue weighted by molar-refractivity contribution is 0.0697. The summed E-state index contributed by atoms with van der Waals surface area (Å²) >= 11 is 0. The van der Waals surface area contributed by atoms with E-state index in [1.165, 1.54) is 11.1 Å². The Balaban J connectivity index is 2.10. The number of carboxylic acid groups (broad SMARTS) is 1. The van der Waals surface area contributed by atoms with Crippen LogP contribution in [0.4, 0.5) is 11.4 Å². The van der Waals surface area contributed by atoms with E-state index in [2.05, 4.69) is 51.7 Å². The lowest BCUT2D eigenvalue weighted by Gasteiger charge is -2.31. The standard InChI is InChI=1S/C22H27NO3/c1-6-15-11-18(12-19-20(15)26-13-22(19,4)5)23(14(2)3)17-9-7-16(8-10-17)21(24)25/h7-12,14H,6,13H2,1-5H3,(H,24,25). The first kappa shape index (κ1) is 18.3. The van der Waals surface area contributed by atoms with Gasteiger partial charge >= 0.3 is 5.97 Å². The van der Waals surface area contributed by atoms with Gasteiger partial charge in [-0.15, -0.1) is 0 Å². The maximum atomic E-state index is 11.1. The number of carbonyl (C=O) groups is 1. The number of aryl methyl sites for hydroxylation is 1. The summed E-state index contributed by atoms with van der Waals surface area (Å²) in [5, 5.41) is 9.14. The molecular formula is C22H27NO3. The molecule has 3 rings (SSSR count). The van der Waals surface area contributed by atoms with Gasteiger partial charge in [-0.1, -0.05) is 20.8 Å². The van der Waals surface area contributed by atoms with Crippen LogP contribution < -0.4 is 9.64 Å². The van der Waals surface area contributed by atoms with Crippen molar-refractivity contribution in [2.24, 2.45) is 0 Å². The molecule has 1 N–H and O–H groups in total. The van der Waals surface area contributed by atoms with Gasteiger partial charge in [0.05, 0.1) is 12.2 Å². The first-order valence-electron chi connectivity index (χ1n) is 9.17. The van der Waals surface area contributed by atoms with Crippen molar-refractivity contribution in [3.05, 3.63) is 53.1 Å². The van der Waals surface area contributed by atoms with Crippen LogP contribution in [0.3, 0.4) is 0 Å². The maximum Gasteiger partial charge on any atom is 0.335 e. The van der Waals surface area contributed by atoms with Crippen molar-refractivity contribution in [2.75, 3.05) is 11.5 Å². The molecule has 0 saturated carbocycles. The summed E-state index contributed by atoms with van der Waals surface area (Å²) in [7, 11) is 0. The molecule has 0 aromatic heterocycles. The molecule has 0 atom stereocenters. The predicted molar refractivity (Wildman–Crippen MR) is 105 cm³/mol. The zero-order chi connectivity index (χ0) is 19.1. The molecule has 0 fully saturated rings. The van der Waals surface area contributed by atoms with Crippen molar-refractivity contribution in [3.63, 3.8) is 0 Å². The minimum atomic E-state index is -0.905. The number of aromatic carboxylic acids is 1. The van der Waals surface area contributed by atoms with Gasteiger partial charge in [0.15, 0.2) is 0 Å². The van der Waals surface area contributed by atoms with Crippen molar-refractivity contribution >= 4 is 17.3 Å². The number of hydrogen-bond acceptors (Lipinski definition) is 3. The van der Waals surface area contributed by atoms with E-state index in [0.29, 0.717) is 12.2 Å². The van der Waals surface area contributed by atoms with Gasteiger partial charge in [0.2, 0.25) is 0 Å². The molecule has 0 aliphatic carbocycles. The lowest BCUT2D eigenvalue weighted by atomic mass is 9.85. The molecule has 4 nitrogen and oxygen atoms in total. The van der Waals surface area contributed by atoms with Crippen LogP contribution in [0.25, 0.3) is 0 Å². The van der Waals surface area contributed by atoms with E-state index in [-0.39, 0.29) is 11.5 Å². The fourth-order valence-electron chi connectivity index (χ4n) is 3.59. The summed E-state index contributed by atoms with van der Waals surface area (Å²) in [6.45, 7) is 11.6. The van der Waals surface area contributed by atoms with Crippen LogP contribution >= 0.6 is 0 Å². The quantitative estimate of drug-likeness (QED) is 0.806. The second kappa shape index (κ2) is 6.67. The summed E-state index contributed by atoms with van der Waals surface area (Å²) in [6, 6.07) is 11.7. The van der Waals surface area contributed by atoms with Crippen molar-refractivity contribution < 1.29 is 14.6 Å². The Labute approximate surface area is 155 Å². The van der Waals surface area contributed by atoms with Crippen LogP contribution in [-0.4, -0.2) is 23.7 Å². The molecule has 2 aromatic carbocycles. The molecule has 0 saturated heterocycles. The summed E-state index contributed by atoms with van der Waals surface area (Å²) < 4.78 is 5.99. The van der Waals surface area contributed by atoms with E-state index in [4.69, 9.17) is 9.84 Å². The molecule has 0 spiro atoms. The van der Waals surface area contributed by atoms with E-state index >= 15 is 0 Å². The number of carboxylic acids is 1. The minimum Gasteiger partial charge on any atom is -0.492 e. The van der Waals surface area contributed by atoms with Gasteiger partial charge in [-0.3, -0.25) is 0 Å². The first-order chi connectivity index (χ1) is 12.2. The Morgan fingerprint density at radius 2 is 1.85 bits per heavy atom. The van der Waals surface area contributed by atoms with Gasteiger partial charge in [0.1, 0.15) is 5.75 Å². The Morgan fingerprint density at radius 3 is 2.38 bits per heavy atom. The van der Waals surface area contributed by atoms with Crippen LogP contribution in [0.5, 0.6) is 5.75 Å². The van der Waals surface area contributed by atoms with E-state index in [0.717, 1.165) is 23.5 Å². The topological polar surface area (TPSA) is 49.8 Å². The molecule has 1 aliphatic rings. The minimum absolute atomic E-state index is 0.00885. The summed E-state index contributed by atoms with van der Waals surface area (Å²) in [5.74, 6) is 0.128. The number of rotatable bonds is 5. The summed E-state index contributed by atoms with van der Waals surface area (Å²) in [4.78, 5) is 13.4. The molecule has 0 amide bonds. The molecule has 138 valence electrons. The van der Waals surface area contributed by atoms with E-state index < -0.39 is 5.97 Å². The Hall–Kier alpha value is -2.49. The van der Waals surface area contributed by atoms with E-state index in [1.54, 1.807) is 12.1 Å². The molecule has 2 aromatic rings. The van der Waals surface area contributed by atoms with Crippen molar-refractivity contribution in [1.29, 1.82) is 0 Å². The van der Waals surface area contributed by atoms with Crippen LogP contribution in [0.1, 0.15) is 56.1 Å². The normalized spacial score (nSPS) is 14.8. The highest BCUT2D eigenvalue weighted by Crippen LogP contribution is 2.44. The molecule has 0 bridgehead atoms. The van der Waals surface area contributed by atoms with Gasteiger partial charge in [-0.05, 0) is 62.2 Å². The Morgan fingerprint density at radius 1 is 1.19 bits per heavy atom. The Bertz CT molecular complexity index is 822. The van der Waals surface area contributed by atoms with Gasteiger partial charge in [0, 0.05) is 28.4 Å². The highest BCUT2D eigenvalue weighted by Gasteiger charge is 2.34. The smallest absolute Gasteiger partial charge is 0.335 e. The second-order valence-electron chi connectivity index (χ2n) is 7.82. The molecule has 26 heavy (non-hydrogen) atoms. The molecular weight excluding hydrogens is 326 g/mol. The van der Waals surface area contributed by atoms with Gasteiger partial charge in [-0.25, -0.2) is 4.79 Å².